The third-order valence-corrected chi connectivity index (χ3v) is 3.80. The molecule has 1 aromatic rings. The highest BCUT2D eigenvalue weighted by atomic mass is 16.5. The predicted molar refractivity (Wildman–Crippen MR) is 63.4 cm³/mol. The van der Waals surface area contributed by atoms with E-state index < -0.39 is 0 Å². The van der Waals surface area contributed by atoms with Crippen LogP contribution < -0.4 is 4.74 Å². The highest BCUT2D eigenvalue weighted by Crippen LogP contribution is 2.45. The van der Waals surface area contributed by atoms with Crippen molar-refractivity contribution >= 4 is 0 Å². The van der Waals surface area contributed by atoms with E-state index in [0.717, 1.165) is 12.2 Å². The molecule has 0 radical (unpaired) electrons. The van der Waals surface area contributed by atoms with Crippen molar-refractivity contribution in [3.05, 3.63) is 29.3 Å². The molecule has 0 saturated heterocycles. The van der Waals surface area contributed by atoms with Crippen LogP contribution in [0.4, 0.5) is 0 Å². The number of aryl methyl sites for hydroxylation is 1. The fraction of sp³-hybridized carbons (Fsp3) is 0.571. The van der Waals surface area contributed by atoms with E-state index in [9.17, 15) is 0 Å². The Morgan fingerprint density at radius 1 is 1.27 bits per heavy atom. The standard InChI is InChI=1S/C14H20O/c1-10-7-6-8-12-11(10)9-14(5,15-12)13(2,3)4/h6-8H,9H2,1-5H3. The van der Waals surface area contributed by atoms with Gasteiger partial charge in [-0.2, -0.15) is 0 Å². The summed E-state index contributed by atoms with van der Waals surface area (Å²) in [5.41, 5.74) is 2.83. The Labute approximate surface area is 92.5 Å². The SMILES string of the molecule is Cc1cccc2c1CC(C)(C(C)(C)C)O2. The molecule has 0 amide bonds. The third kappa shape index (κ3) is 1.54. The molecule has 1 heteroatoms. The second-order valence-corrected chi connectivity index (χ2v) is 5.81. The van der Waals surface area contributed by atoms with Crippen LogP contribution in [-0.2, 0) is 6.42 Å². The van der Waals surface area contributed by atoms with Gasteiger partial charge in [0.05, 0.1) is 0 Å². The molecule has 0 spiro atoms. The molecule has 15 heavy (non-hydrogen) atoms. The van der Waals surface area contributed by atoms with Gasteiger partial charge in [-0.3, -0.25) is 0 Å². The van der Waals surface area contributed by atoms with E-state index in [1.165, 1.54) is 11.1 Å². The number of rotatable bonds is 0. The van der Waals surface area contributed by atoms with Gasteiger partial charge in [0.15, 0.2) is 0 Å². The number of hydrogen-bond donors (Lipinski definition) is 0. The minimum atomic E-state index is -0.0680. The van der Waals surface area contributed by atoms with Gasteiger partial charge < -0.3 is 4.74 Å². The summed E-state index contributed by atoms with van der Waals surface area (Å²) < 4.78 is 6.14. The molecule has 1 unspecified atom stereocenters. The quantitative estimate of drug-likeness (QED) is 0.625. The summed E-state index contributed by atoms with van der Waals surface area (Å²) in [6.45, 7) is 11.1. The molecule has 0 N–H and O–H groups in total. The van der Waals surface area contributed by atoms with Gasteiger partial charge in [-0.25, -0.2) is 0 Å². The molecule has 0 fully saturated rings. The molecular weight excluding hydrogens is 184 g/mol. The molecule has 2 rings (SSSR count). The second-order valence-electron chi connectivity index (χ2n) is 5.81. The van der Waals surface area contributed by atoms with Crippen LogP contribution in [0.3, 0.4) is 0 Å². The minimum absolute atomic E-state index is 0.0680. The molecule has 1 heterocycles. The van der Waals surface area contributed by atoms with Gasteiger partial charge >= 0.3 is 0 Å². The molecule has 1 aliphatic heterocycles. The van der Waals surface area contributed by atoms with Crippen LogP contribution in [0.25, 0.3) is 0 Å². The van der Waals surface area contributed by atoms with Crippen LogP contribution in [0.15, 0.2) is 18.2 Å². The van der Waals surface area contributed by atoms with Crippen LogP contribution in [0, 0.1) is 12.3 Å². The van der Waals surface area contributed by atoms with Gasteiger partial charge in [0.2, 0.25) is 0 Å². The van der Waals surface area contributed by atoms with Crippen molar-refractivity contribution in [1.82, 2.24) is 0 Å². The summed E-state index contributed by atoms with van der Waals surface area (Å²) in [4.78, 5) is 0. The average Bonchev–Trinajstić information content (AvgIpc) is 2.43. The van der Waals surface area contributed by atoms with E-state index in [1.807, 2.05) is 0 Å². The zero-order valence-electron chi connectivity index (χ0n) is 10.3. The molecule has 1 aromatic carbocycles. The molecule has 0 bridgehead atoms. The van der Waals surface area contributed by atoms with E-state index in [2.05, 4.69) is 52.8 Å². The van der Waals surface area contributed by atoms with E-state index >= 15 is 0 Å². The summed E-state index contributed by atoms with van der Waals surface area (Å²) in [5.74, 6) is 1.08. The smallest absolute Gasteiger partial charge is 0.123 e. The fourth-order valence-corrected chi connectivity index (χ4v) is 2.03. The van der Waals surface area contributed by atoms with Gasteiger partial charge in [-0.05, 0) is 25.5 Å². The topological polar surface area (TPSA) is 9.23 Å². The largest absolute Gasteiger partial charge is 0.486 e. The van der Waals surface area contributed by atoms with Crippen LogP contribution in [-0.4, -0.2) is 5.60 Å². The summed E-state index contributed by atoms with van der Waals surface area (Å²) in [6.07, 6.45) is 1.03. The monoisotopic (exact) mass is 204 g/mol. The lowest BCUT2D eigenvalue weighted by molar-refractivity contribution is 0.00354. The van der Waals surface area contributed by atoms with Crippen LogP contribution in [0.2, 0.25) is 0 Å². The molecule has 1 nitrogen and oxygen atoms in total. The fourth-order valence-electron chi connectivity index (χ4n) is 2.03. The molecule has 82 valence electrons. The molecule has 0 aromatic heterocycles. The molecular formula is C14H20O. The van der Waals surface area contributed by atoms with Gasteiger partial charge in [-0.15, -0.1) is 0 Å². The van der Waals surface area contributed by atoms with Crippen molar-refractivity contribution in [1.29, 1.82) is 0 Å². The van der Waals surface area contributed by atoms with E-state index in [4.69, 9.17) is 4.74 Å². The molecule has 0 saturated carbocycles. The van der Waals surface area contributed by atoms with Crippen molar-refractivity contribution in [3.63, 3.8) is 0 Å². The maximum Gasteiger partial charge on any atom is 0.123 e. The lowest BCUT2D eigenvalue weighted by Gasteiger charge is -2.37. The Hall–Kier alpha value is -0.980. The summed E-state index contributed by atoms with van der Waals surface area (Å²) in [5, 5.41) is 0. The zero-order chi connectivity index (χ0) is 11.3. The van der Waals surface area contributed by atoms with Crippen LogP contribution >= 0.6 is 0 Å². The maximum absolute atomic E-state index is 6.14. The minimum Gasteiger partial charge on any atom is -0.486 e. The van der Waals surface area contributed by atoms with Gasteiger partial charge in [-0.1, -0.05) is 32.9 Å². The Bertz CT molecular complexity index is 387. The van der Waals surface area contributed by atoms with E-state index in [0.29, 0.717) is 0 Å². The lowest BCUT2D eigenvalue weighted by Crippen LogP contribution is -2.44. The lowest BCUT2D eigenvalue weighted by atomic mass is 9.75. The molecule has 1 atom stereocenters. The zero-order valence-corrected chi connectivity index (χ0v) is 10.3. The first-order valence-electron chi connectivity index (χ1n) is 5.61. The predicted octanol–water partition coefficient (Wildman–Crippen LogP) is 3.73. The normalized spacial score (nSPS) is 24.9. The first-order chi connectivity index (χ1) is 6.83. The summed E-state index contributed by atoms with van der Waals surface area (Å²) >= 11 is 0. The highest BCUT2D eigenvalue weighted by Gasteiger charge is 2.44. The molecule has 0 aliphatic carbocycles. The van der Waals surface area contributed by atoms with Crippen molar-refractivity contribution in [2.45, 2.75) is 46.6 Å². The average molecular weight is 204 g/mol. The van der Waals surface area contributed by atoms with Gasteiger partial charge in [0.1, 0.15) is 11.4 Å². The highest BCUT2D eigenvalue weighted by molar-refractivity contribution is 5.44. The van der Waals surface area contributed by atoms with Gasteiger partial charge in [0, 0.05) is 17.4 Å². The van der Waals surface area contributed by atoms with Crippen LogP contribution in [0.1, 0.15) is 38.8 Å². The summed E-state index contributed by atoms with van der Waals surface area (Å²) in [7, 11) is 0. The Morgan fingerprint density at radius 2 is 1.93 bits per heavy atom. The van der Waals surface area contributed by atoms with Gasteiger partial charge in [0.25, 0.3) is 0 Å². The van der Waals surface area contributed by atoms with Crippen molar-refractivity contribution in [2.24, 2.45) is 5.41 Å². The second kappa shape index (κ2) is 3.01. The number of ether oxygens (including phenoxy) is 1. The first kappa shape index (κ1) is 10.5. The van der Waals surface area contributed by atoms with Crippen molar-refractivity contribution < 1.29 is 4.74 Å². The Morgan fingerprint density at radius 3 is 2.47 bits per heavy atom. The molecule has 1 aliphatic rings. The maximum atomic E-state index is 6.14. The van der Waals surface area contributed by atoms with E-state index in [1.54, 1.807) is 0 Å². The third-order valence-electron chi connectivity index (χ3n) is 3.80. The van der Waals surface area contributed by atoms with Crippen molar-refractivity contribution in [2.75, 3.05) is 0 Å². The Balaban J connectivity index is 2.42. The number of benzene rings is 1. The number of hydrogen-bond acceptors (Lipinski definition) is 1. The summed E-state index contributed by atoms with van der Waals surface area (Å²) in [6, 6.07) is 6.32. The van der Waals surface area contributed by atoms with Crippen molar-refractivity contribution in [3.8, 4) is 5.75 Å². The first-order valence-corrected chi connectivity index (χ1v) is 5.61. The Kier molecular flexibility index (Phi) is 2.11. The number of fused-ring (bicyclic) bond motifs is 1. The van der Waals surface area contributed by atoms with E-state index in [-0.39, 0.29) is 11.0 Å². The van der Waals surface area contributed by atoms with Crippen LogP contribution in [0.5, 0.6) is 5.75 Å².